The maximum Gasteiger partial charge on any atom is 0.393 e. The quantitative estimate of drug-likeness (QED) is 0.211. The van der Waals surface area contributed by atoms with Crippen LogP contribution in [0.15, 0.2) is 42.9 Å². The Morgan fingerprint density at radius 2 is 2.00 bits per heavy atom. The van der Waals surface area contributed by atoms with Crippen molar-refractivity contribution >= 4 is 50.6 Å². The molecule has 0 unspecified atom stereocenters. The number of carbonyl (C=O) groups excluding carboxylic acids is 2. The Balaban J connectivity index is 1.22. The fourth-order valence-electron chi connectivity index (χ4n) is 5.54. The topological polar surface area (TPSA) is 128 Å². The third-order valence-electron chi connectivity index (χ3n) is 7.67. The van der Waals surface area contributed by atoms with E-state index in [9.17, 15) is 28.0 Å². The number of piperidine rings is 1. The van der Waals surface area contributed by atoms with Gasteiger partial charge in [0.25, 0.3) is 0 Å². The van der Waals surface area contributed by atoms with E-state index < -0.39 is 18.5 Å². The molecule has 0 atom stereocenters. The third kappa shape index (κ3) is 7.17. The van der Waals surface area contributed by atoms with Crippen molar-refractivity contribution in [3.8, 4) is 6.07 Å². The van der Waals surface area contributed by atoms with Crippen LogP contribution in [0.3, 0.4) is 0 Å². The van der Waals surface area contributed by atoms with E-state index in [0.29, 0.717) is 33.8 Å². The first-order valence-corrected chi connectivity index (χ1v) is 14.8. The lowest BCUT2D eigenvalue weighted by atomic mass is 10.0. The molecule has 1 aliphatic rings. The van der Waals surface area contributed by atoms with Crippen LogP contribution in [-0.4, -0.2) is 63.6 Å². The van der Waals surface area contributed by atoms with Gasteiger partial charge in [-0.25, -0.2) is 9.97 Å². The summed E-state index contributed by atoms with van der Waals surface area (Å²) in [6, 6.07) is 9.78. The molecule has 230 valence electrons. The van der Waals surface area contributed by atoms with Crippen molar-refractivity contribution in [2.75, 3.05) is 25.0 Å². The molecular weight excluding hydrogens is 593 g/mol. The largest absolute Gasteiger partial charge is 0.393 e. The van der Waals surface area contributed by atoms with Crippen LogP contribution >= 0.6 is 11.3 Å². The lowest BCUT2D eigenvalue weighted by Crippen LogP contribution is -2.39. The summed E-state index contributed by atoms with van der Waals surface area (Å²) in [6.45, 7) is 8.38. The van der Waals surface area contributed by atoms with E-state index in [2.05, 4.69) is 49.5 Å². The zero-order chi connectivity index (χ0) is 31.4. The van der Waals surface area contributed by atoms with Gasteiger partial charge in [0, 0.05) is 47.2 Å². The van der Waals surface area contributed by atoms with E-state index in [-0.39, 0.29) is 24.0 Å². The van der Waals surface area contributed by atoms with Crippen LogP contribution in [0.5, 0.6) is 0 Å². The number of hydrogen-bond acceptors (Lipinski definition) is 8. The Morgan fingerprint density at radius 3 is 2.70 bits per heavy atom. The van der Waals surface area contributed by atoms with E-state index in [4.69, 9.17) is 0 Å². The minimum atomic E-state index is -4.27. The van der Waals surface area contributed by atoms with Crippen LogP contribution in [0.4, 0.5) is 19.0 Å². The molecule has 14 heteroatoms. The number of benzene rings is 1. The number of nitrogens with zero attached hydrogens (tertiary/aromatic N) is 5. The van der Waals surface area contributed by atoms with Gasteiger partial charge in [-0.15, -0.1) is 11.3 Å². The summed E-state index contributed by atoms with van der Waals surface area (Å²) in [7, 11) is 0. The predicted molar refractivity (Wildman–Crippen MR) is 162 cm³/mol. The van der Waals surface area contributed by atoms with Crippen LogP contribution in [0.1, 0.15) is 34.5 Å². The summed E-state index contributed by atoms with van der Waals surface area (Å²) >= 11 is 1.04. The maximum atomic E-state index is 12.9. The first kappa shape index (κ1) is 31.0. The maximum absolute atomic E-state index is 12.9. The summed E-state index contributed by atoms with van der Waals surface area (Å²) in [4.78, 5) is 34.0. The molecule has 0 aliphatic carbocycles. The van der Waals surface area contributed by atoms with Gasteiger partial charge in [0.2, 0.25) is 12.3 Å². The first-order valence-electron chi connectivity index (χ1n) is 14.0. The van der Waals surface area contributed by atoms with E-state index in [1.54, 1.807) is 0 Å². The van der Waals surface area contributed by atoms with Crippen molar-refractivity contribution in [1.29, 1.82) is 5.26 Å². The summed E-state index contributed by atoms with van der Waals surface area (Å²) in [5.74, 6) is 0.165. The Bertz CT molecular complexity index is 1750. The Kier molecular flexibility index (Phi) is 9.17. The standard InChI is InChI=1S/C30H31F3N8O2S/c1-18(38-27(43)13-35-17-42)14-41-22(12-34)9-24-19(2)20(3-4-26(24)41)15-40-7-5-21(6-8-40)39-28-25-10-23(11-30(31,32)33)44-29(25)37-16-36-28/h3-4,9-10,16-17,21H,1,5-8,11,13-15H2,2H3,(H,35,42)(H,38,43)(H,36,37,39). The number of allylic oxidation sites excluding steroid dienone is 1. The molecule has 44 heavy (non-hydrogen) atoms. The highest BCUT2D eigenvalue weighted by molar-refractivity contribution is 7.18. The molecule has 1 aromatic carbocycles. The number of nitriles is 1. The first-order chi connectivity index (χ1) is 21.0. The number of carbonyl (C=O) groups is 2. The number of amides is 2. The molecule has 3 aromatic heterocycles. The molecule has 0 spiro atoms. The van der Waals surface area contributed by atoms with Gasteiger partial charge in [0.05, 0.1) is 24.9 Å². The lowest BCUT2D eigenvalue weighted by molar-refractivity contribution is -0.126. The second-order valence-corrected chi connectivity index (χ2v) is 11.9. The molecule has 2 amide bonds. The summed E-state index contributed by atoms with van der Waals surface area (Å²) in [5, 5.41) is 19.7. The number of hydrogen-bond donors (Lipinski definition) is 3. The van der Waals surface area contributed by atoms with Gasteiger partial charge in [-0.05, 0) is 49.1 Å². The number of alkyl halides is 3. The van der Waals surface area contributed by atoms with Crippen molar-refractivity contribution in [1.82, 2.24) is 30.1 Å². The van der Waals surface area contributed by atoms with Gasteiger partial charge < -0.3 is 20.5 Å². The van der Waals surface area contributed by atoms with Crippen molar-refractivity contribution in [2.45, 2.75) is 51.5 Å². The molecule has 1 fully saturated rings. The third-order valence-corrected chi connectivity index (χ3v) is 8.71. The Labute approximate surface area is 255 Å². The molecular formula is C30H31F3N8O2S. The minimum Gasteiger partial charge on any atom is -0.367 e. The number of halogens is 3. The van der Waals surface area contributed by atoms with Crippen molar-refractivity contribution < 1.29 is 22.8 Å². The fourth-order valence-corrected chi connectivity index (χ4v) is 6.56. The number of thiophene rings is 1. The fraction of sp³-hybridized carbons (Fsp3) is 0.367. The van der Waals surface area contributed by atoms with Crippen LogP contribution in [0, 0.1) is 18.3 Å². The molecule has 3 N–H and O–H groups in total. The Morgan fingerprint density at radius 1 is 1.23 bits per heavy atom. The number of fused-ring (bicyclic) bond motifs is 2. The average molecular weight is 625 g/mol. The van der Waals surface area contributed by atoms with Gasteiger partial charge in [-0.2, -0.15) is 18.4 Å². The molecule has 4 heterocycles. The molecule has 0 saturated carbocycles. The second kappa shape index (κ2) is 13.0. The summed E-state index contributed by atoms with van der Waals surface area (Å²) in [5.41, 5.74) is 3.92. The highest BCUT2D eigenvalue weighted by Crippen LogP contribution is 2.33. The minimum absolute atomic E-state index is 0.133. The van der Waals surface area contributed by atoms with E-state index in [0.717, 1.165) is 65.8 Å². The smallest absolute Gasteiger partial charge is 0.367 e. The highest BCUT2D eigenvalue weighted by atomic mass is 32.1. The molecule has 0 radical (unpaired) electrons. The van der Waals surface area contributed by atoms with Gasteiger partial charge >= 0.3 is 6.18 Å². The van der Waals surface area contributed by atoms with E-state index >= 15 is 0 Å². The lowest BCUT2D eigenvalue weighted by Gasteiger charge is -2.33. The number of aromatic nitrogens is 3. The Hall–Kier alpha value is -4.48. The normalized spacial score (nSPS) is 14.4. The van der Waals surface area contributed by atoms with Crippen molar-refractivity contribution in [3.05, 3.63) is 64.6 Å². The van der Waals surface area contributed by atoms with Crippen LogP contribution in [0.2, 0.25) is 0 Å². The number of aryl methyl sites for hydroxylation is 1. The molecule has 0 bridgehead atoms. The zero-order valence-corrected chi connectivity index (χ0v) is 24.8. The molecule has 1 saturated heterocycles. The molecule has 1 aliphatic heterocycles. The van der Waals surface area contributed by atoms with Gasteiger partial charge in [0.15, 0.2) is 0 Å². The monoisotopic (exact) mass is 624 g/mol. The number of likely N-dealkylation sites (tertiary alicyclic amines) is 1. The SMILES string of the molecule is C=C(Cn1c(C#N)cc2c(C)c(CN3CCC(Nc4ncnc5sc(CC(F)(F)F)cc45)CC3)ccc21)NC(=O)CNC=O. The number of nitrogens with one attached hydrogen (secondary N) is 3. The van der Waals surface area contributed by atoms with E-state index in [1.807, 2.05) is 23.6 Å². The van der Waals surface area contributed by atoms with E-state index in [1.165, 1.54) is 12.4 Å². The molecule has 5 rings (SSSR count). The van der Waals surface area contributed by atoms with Crippen LogP contribution in [-0.2, 0) is 29.1 Å². The zero-order valence-electron chi connectivity index (χ0n) is 24.0. The van der Waals surface area contributed by atoms with Gasteiger partial charge in [-0.3, -0.25) is 14.5 Å². The highest BCUT2D eigenvalue weighted by Gasteiger charge is 2.29. The number of anilines is 1. The van der Waals surface area contributed by atoms with Gasteiger partial charge in [-0.1, -0.05) is 12.6 Å². The van der Waals surface area contributed by atoms with Crippen molar-refractivity contribution in [2.24, 2.45) is 0 Å². The van der Waals surface area contributed by atoms with Crippen LogP contribution < -0.4 is 16.0 Å². The summed E-state index contributed by atoms with van der Waals surface area (Å²) in [6.07, 6.45) is -1.73. The predicted octanol–water partition coefficient (Wildman–Crippen LogP) is 4.38. The molecule has 10 nitrogen and oxygen atoms in total. The number of rotatable bonds is 11. The molecule has 4 aromatic rings. The summed E-state index contributed by atoms with van der Waals surface area (Å²) < 4.78 is 40.5. The van der Waals surface area contributed by atoms with Gasteiger partial charge in [0.1, 0.15) is 28.7 Å². The average Bonchev–Trinajstić information content (AvgIpc) is 3.54. The second-order valence-electron chi connectivity index (χ2n) is 10.8. The van der Waals surface area contributed by atoms with Crippen molar-refractivity contribution in [3.63, 3.8) is 0 Å². The van der Waals surface area contributed by atoms with Crippen LogP contribution in [0.25, 0.3) is 21.1 Å².